The van der Waals surface area contributed by atoms with E-state index in [-0.39, 0.29) is 5.91 Å². The normalized spacial score (nSPS) is 19.8. The Morgan fingerprint density at radius 3 is 2.31 bits per heavy atom. The van der Waals surface area contributed by atoms with Crippen LogP contribution in [0.2, 0.25) is 0 Å². The standard InChI is InChI=1S/C13H26N2O/c1-11(16)14-8-5-12-6-9-15(10-7-12)13(2,3)4/h12H,5-10H2,1-4H3,(H,14,16). The first kappa shape index (κ1) is 13.5. The Hall–Kier alpha value is -0.570. The Balaban J connectivity index is 2.19. The molecule has 0 saturated carbocycles. The van der Waals surface area contributed by atoms with Crippen molar-refractivity contribution in [3.63, 3.8) is 0 Å². The maximum absolute atomic E-state index is 10.7. The summed E-state index contributed by atoms with van der Waals surface area (Å²) in [4.78, 5) is 13.3. The first-order valence-corrected chi connectivity index (χ1v) is 6.39. The number of rotatable bonds is 3. The highest BCUT2D eigenvalue weighted by atomic mass is 16.1. The molecule has 0 bridgehead atoms. The summed E-state index contributed by atoms with van der Waals surface area (Å²) in [5, 5.41) is 2.88. The fraction of sp³-hybridized carbons (Fsp3) is 0.923. The number of likely N-dealkylation sites (tertiary alicyclic amines) is 1. The third kappa shape index (κ3) is 4.52. The highest BCUT2D eigenvalue weighted by Gasteiger charge is 2.26. The van der Waals surface area contributed by atoms with Crippen LogP contribution in [-0.2, 0) is 4.79 Å². The maximum atomic E-state index is 10.7. The molecule has 0 radical (unpaired) electrons. The van der Waals surface area contributed by atoms with E-state index in [2.05, 4.69) is 31.0 Å². The Labute approximate surface area is 99.6 Å². The highest BCUT2D eigenvalue weighted by Crippen LogP contribution is 2.25. The second-order valence-corrected chi connectivity index (χ2v) is 5.87. The number of hydrogen-bond acceptors (Lipinski definition) is 2. The summed E-state index contributed by atoms with van der Waals surface area (Å²) in [6.07, 6.45) is 3.69. The van der Waals surface area contributed by atoms with Gasteiger partial charge < -0.3 is 5.32 Å². The van der Waals surface area contributed by atoms with Gasteiger partial charge in [0.15, 0.2) is 0 Å². The van der Waals surface area contributed by atoms with E-state index in [0.29, 0.717) is 5.54 Å². The number of amides is 1. The molecule has 1 fully saturated rings. The van der Waals surface area contributed by atoms with E-state index < -0.39 is 0 Å². The van der Waals surface area contributed by atoms with E-state index in [1.165, 1.54) is 25.9 Å². The van der Waals surface area contributed by atoms with Crippen LogP contribution in [0.4, 0.5) is 0 Å². The average molecular weight is 226 g/mol. The molecule has 1 saturated heterocycles. The average Bonchev–Trinajstić information content (AvgIpc) is 2.16. The molecule has 0 unspecified atom stereocenters. The minimum absolute atomic E-state index is 0.0899. The molecule has 3 nitrogen and oxygen atoms in total. The molecule has 1 amide bonds. The SMILES string of the molecule is CC(=O)NCCC1CCN(C(C)(C)C)CC1. The Morgan fingerprint density at radius 2 is 1.88 bits per heavy atom. The number of nitrogens with one attached hydrogen (secondary N) is 1. The molecule has 1 aliphatic heterocycles. The van der Waals surface area contributed by atoms with Crippen LogP contribution in [0.3, 0.4) is 0 Å². The van der Waals surface area contributed by atoms with Crippen LogP contribution in [0.25, 0.3) is 0 Å². The van der Waals surface area contributed by atoms with Crippen molar-refractivity contribution >= 4 is 5.91 Å². The van der Waals surface area contributed by atoms with Crippen LogP contribution < -0.4 is 5.32 Å². The first-order chi connectivity index (χ1) is 7.39. The second kappa shape index (κ2) is 5.67. The van der Waals surface area contributed by atoms with Crippen molar-refractivity contribution in [2.75, 3.05) is 19.6 Å². The molecule has 0 aliphatic carbocycles. The summed E-state index contributed by atoms with van der Waals surface area (Å²) in [6, 6.07) is 0. The number of carbonyl (C=O) groups is 1. The van der Waals surface area contributed by atoms with Crippen molar-refractivity contribution in [1.82, 2.24) is 10.2 Å². The van der Waals surface area contributed by atoms with Crippen LogP contribution in [0.5, 0.6) is 0 Å². The van der Waals surface area contributed by atoms with E-state index >= 15 is 0 Å². The molecule has 16 heavy (non-hydrogen) atoms. The van der Waals surface area contributed by atoms with Crippen LogP contribution >= 0.6 is 0 Å². The van der Waals surface area contributed by atoms with Gasteiger partial charge in [-0.05, 0) is 59.0 Å². The van der Waals surface area contributed by atoms with Crippen molar-refractivity contribution in [1.29, 1.82) is 0 Å². The van der Waals surface area contributed by atoms with Gasteiger partial charge in [-0.3, -0.25) is 9.69 Å². The van der Waals surface area contributed by atoms with E-state index in [9.17, 15) is 4.79 Å². The van der Waals surface area contributed by atoms with Gasteiger partial charge in [0.2, 0.25) is 5.91 Å². The predicted octanol–water partition coefficient (Wildman–Crippen LogP) is 2.02. The molecular formula is C13H26N2O. The van der Waals surface area contributed by atoms with Crippen LogP contribution in [-0.4, -0.2) is 36.0 Å². The summed E-state index contributed by atoms with van der Waals surface area (Å²) >= 11 is 0. The summed E-state index contributed by atoms with van der Waals surface area (Å²) in [7, 11) is 0. The molecule has 94 valence electrons. The molecule has 1 N–H and O–H groups in total. The van der Waals surface area contributed by atoms with Gasteiger partial charge in [-0.2, -0.15) is 0 Å². The fourth-order valence-electron chi connectivity index (χ4n) is 2.34. The first-order valence-electron chi connectivity index (χ1n) is 6.39. The van der Waals surface area contributed by atoms with E-state index in [0.717, 1.165) is 18.9 Å². The Bertz CT molecular complexity index is 225. The number of carbonyl (C=O) groups excluding carboxylic acids is 1. The zero-order valence-electron chi connectivity index (χ0n) is 11.2. The Morgan fingerprint density at radius 1 is 1.31 bits per heavy atom. The van der Waals surface area contributed by atoms with Gasteiger partial charge in [-0.15, -0.1) is 0 Å². The minimum atomic E-state index is 0.0899. The van der Waals surface area contributed by atoms with Crippen molar-refractivity contribution in [3.05, 3.63) is 0 Å². The molecule has 0 aromatic carbocycles. The smallest absolute Gasteiger partial charge is 0.216 e. The van der Waals surface area contributed by atoms with Crippen molar-refractivity contribution in [3.8, 4) is 0 Å². The lowest BCUT2D eigenvalue weighted by Crippen LogP contribution is -2.46. The minimum Gasteiger partial charge on any atom is -0.356 e. The van der Waals surface area contributed by atoms with Gasteiger partial charge in [0.05, 0.1) is 0 Å². The van der Waals surface area contributed by atoms with Gasteiger partial charge in [0.25, 0.3) is 0 Å². The second-order valence-electron chi connectivity index (χ2n) is 5.87. The topological polar surface area (TPSA) is 32.3 Å². The van der Waals surface area contributed by atoms with Crippen molar-refractivity contribution < 1.29 is 4.79 Å². The van der Waals surface area contributed by atoms with Crippen LogP contribution in [0.1, 0.15) is 47.0 Å². The molecule has 0 aromatic heterocycles. The third-order valence-electron chi connectivity index (χ3n) is 3.49. The van der Waals surface area contributed by atoms with Crippen molar-refractivity contribution in [2.45, 2.75) is 52.5 Å². The lowest BCUT2D eigenvalue weighted by molar-refractivity contribution is -0.119. The van der Waals surface area contributed by atoms with Gasteiger partial charge in [-0.25, -0.2) is 0 Å². The molecule has 1 heterocycles. The quantitative estimate of drug-likeness (QED) is 0.798. The monoisotopic (exact) mass is 226 g/mol. The zero-order chi connectivity index (χ0) is 12.2. The summed E-state index contributed by atoms with van der Waals surface area (Å²) in [6.45, 7) is 11.7. The molecule has 0 atom stereocenters. The Kier molecular flexibility index (Phi) is 4.78. The van der Waals surface area contributed by atoms with Crippen LogP contribution in [0.15, 0.2) is 0 Å². The lowest BCUT2D eigenvalue weighted by Gasteiger charge is -2.41. The van der Waals surface area contributed by atoms with Gasteiger partial charge >= 0.3 is 0 Å². The molecule has 3 heteroatoms. The molecule has 0 spiro atoms. The summed E-state index contributed by atoms with van der Waals surface area (Å²) in [5.74, 6) is 0.887. The van der Waals surface area contributed by atoms with Gasteiger partial charge in [0.1, 0.15) is 0 Å². The van der Waals surface area contributed by atoms with Crippen molar-refractivity contribution in [2.24, 2.45) is 5.92 Å². The number of piperidine rings is 1. The largest absolute Gasteiger partial charge is 0.356 e. The summed E-state index contributed by atoms with van der Waals surface area (Å²) in [5.41, 5.74) is 0.308. The van der Waals surface area contributed by atoms with E-state index in [4.69, 9.17) is 0 Å². The van der Waals surface area contributed by atoms with Gasteiger partial charge in [0, 0.05) is 19.0 Å². The maximum Gasteiger partial charge on any atom is 0.216 e. The molecular weight excluding hydrogens is 200 g/mol. The van der Waals surface area contributed by atoms with E-state index in [1.807, 2.05) is 0 Å². The number of hydrogen-bond donors (Lipinski definition) is 1. The van der Waals surface area contributed by atoms with Gasteiger partial charge in [-0.1, -0.05) is 0 Å². The number of nitrogens with zero attached hydrogens (tertiary/aromatic N) is 1. The molecule has 1 rings (SSSR count). The van der Waals surface area contributed by atoms with Crippen LogP contribution in [0, 0.1) is 5.92 Å². The fourth-order valence-corrected chi connectivity index (χ4v) is 2.34. The predicted molar refractivity (Wildman–Crippen MR) is 67.4 cm³/mol. The third-order valence-corrected chi connectivity index (χ3v) is 3.49. The summed E-state index contributed by atoms with van der Waals surface area (Å²) < 4.78 is 0. The highest BCUT2D eigenvalue weighted by molar-refractivity contribution is 5.72. The molecule has 1 aliphatic rings. The lowest BCUT2D eigenvalue weighted by atomic mass is 9.91. The van der Waals surface area contributed by atoms with E-state index in [1.54, 1.807) is 6.92 Å². The molecule has 0 aromatic rings. The zero-order valence-corrected chi connectivity index (χ0v) is 11.2.